The van der Waals surface area contributed by atoms with E-state index in [9.17, 15) is 9.59 Å². The minimum Gasteiger partial charge on any atom is -0.478 e. The standard InChI is InChI=1S/C17H17N3O4/c1-2-12-16(21)20(15-13(24-12)7-8-14(18)19-15)9-10-3-5-11(6-4-10)17(22)23/h3-8,12H,2,9H2,1H3,(H2,18,19)(H,22,23). The smallest absolute Gasteiger partial charge is 0.335 e. The number of carboxylic acids is 1. The Bertz CT molecular complexity index is 789. The zero-order chi connectivity index (χ0) is 17.3. The van der Waals surface area contributed by atoms with Crippen molar-refractivity contribution in [1.29, 1.82) is 0 Å². The first kappa shape index (κ1) is 15.8. The first-order chi connectivity index (χ1) is 11.5. The molecule has 7 nitrogen and oxygen atoms in total. The van der Waals surface area contributed by atoms with Crippen molar-refractivity contribution in [1.82, 2.24) is 4.98 Å². The van der Waals surface area contributed by atoms with Crippen LogP contribution < -0.4 is 15.4 Å². The van der Waals surface area contributed by atoms with E-state index in [2.05, 4.69) is 4.98 Å². The third-order valence-corrected chi connectivity index (χ3v) is 3.84. The molecule has 3 rings (SSSR count). The van der Waals surface area contributed by atoms with Crippen LogP contribution in [0.5, 0.6) is 5.75 Å². The second-order valence-corrected chi connectivity index (χ2v) is 5.50. The van der Waals surface area contributed by atoms with Crippen LogP contribution >= 0.6 is 0 Å². The van der Waals surface area contributed by atoms with Gasteiger partial charge in [0.15, 0.2) is 17.7 Å². The zero-order valence-corrected chi connectivity index (χ0v) is 13.1. The number of carbonyl (C=O) groups excluding carboxylic acids is 1. The van der Waals surface area contributed by atoms with Crippen LogP contribution in [-0.4, -0.2) is 28.1 Å². The molecule has 0 saturated heterocycles. The highest BCUT2D eigenvalue weighted by Gasteiger charge is 2.34. The summed E-state index contributed by atoms with van der Waals surface area (Å²) in [5.74, 6) is 0.0105. The van der Waals surface area contributed by atoms with E-state index in [1.807, 2.05) is 6.92 Å². The molecule has 0 fully saturated rings. The van der Waals surface area contributed by atoms with E-state index in [1.165, 1.54) is 17.0 Å². The van der Waals surface area contributed by atoms with E-state index in [0.29, 0.717) is 23.8 Å². The number of aromatic nitrogens is 1. The third kappa shape index (κ3) is 2.88. The summed E-state index contributed by atoms with van der Waals surface area (Å²) in [4.78, 5) is 29.3. The number of anilines is 2. The quantitative estimate of drug-likeness (QED) is 0.890. The molecule has 2 aromatic rings. The van der Waals surface area contributed by atoms with Gasteiger partial charge in [-0.25, -0.2) is 9.78 Å². The maximum Gasteiger partial charge on any atom is 0.335 e. The Labute approximate surface area is 138 Å². The van der Waals surface area contributed by atoms with Crippen LogP contribution in [0.2, 0.25) is 0 Å². The van der Waals surface area contributed by atoms with Crippen LogP contribution in [0.15, 0.2) is 36.4 Å². The number of aromatic carboxylic acids is 1. The molecule has 1 atom stereocenters. The average Bonchev–Trinajstić information content (AvgIpc) is 2.58. The lowest BCUT2D eigenvalue weighted by Gasteiger charge is -2.33. The number of carboxylic acid groups (broad SMARTS) is 1. The van der Waals surface area contributed by atoms with Crippen molar-refractivity contribution in [3.05, 3.63) is 47.5 Å². The molecule has 0 bridgehead atoms. The zero-order valence-electron chi connectivity index (χ0n) is 13.1. The summed E-state index contributed by atoms with van der Waals surface area (Å²) < 4.78 is 5.68. The van der Waals surface area contributed by atoms with Gasteiger partial charge < -0.3 is 15.6 Å². The van der Waals surface area contributed by atoms with Gasteiger partial charge in [-0.3, -0.25) is 9.69 Å². The number of benzene rings is 1. The summed E-state index contributed by atoms with van der Waals surface area (Å²) in [6.45, 7) is 2.14. The Balaban J connectivity index is 1.94. The van der Waals surface area contributed by atoms with Crippen LogP contribution in [0, 0.1) is 0 Å². The van der Waals surface area contributed by atoms with Crippen molar-refractivity contribution in [2.45, 2.75) is 26.0 Å². The summed E-state index contributed by atoms with van der Waals surface area (Å²) in [6, 6.07) is 9.70. The van der Waals surface area contributed by atoms with Crippen LogP contribution in [0.1, 0.15) is 29.3 Å². The highest BCUT2D eigenvalue weighted by molar-refractivity contribution is 5.99. The van der Waals surface area contributed by atoms with Crippen molar-refractivity contribution in [2.75, 3.05) is 10.6 Å². The van der Waals surface area contributed by atoms with Gasteiger partial charge in [0.25, 0.3) is 5.91 Å². The number of nitrogens with zero attached hydrogens (tertiary/aromatic N) is 2. The fourth-order valence-electron chi connectivity index (χ4n) is 2.56. The first-order valence-corrected chi connectivity index (χ1v) is 7.56. The van der Waals surface area contributed by atoms with Gasteiger partial charge in [0.2, 0.25) is 0 Å². The average molecular weight is 327 g/mol. The van der Waals surface area contributed by atoms with Crippen LogP contribution in [-0.2, 0) is 11.3 Å². The topological polar surface area (TPSA) is 106 Å². The van der Waals surface area contributed by atoms with Crippen molar-refractivity contribution in [3.8, 4) is 5.75 Å². The fourth-order valence-corrected chi connectivity index (χ4v) is 2.56. The molecule has 0 radical (unpaired) electrons. The Morgan fingerprint density at radius 2 is 2.00 bits per heavy atom. The number of nitrogen functional groups attached to an aromatic ring is 1. The molecule has 1 aliphatic heterocycles. The molecule has 1 amide bonds. The van der Waals surface area contributed by atoms with Crippen LogP contribution in [0.25, 0.3) is 0 Å². The van der Waals surface area contributed by atoms with Gasteiger partial charge in [-0.05, 0) is 36.2 Å². The number of nitrogens with two attached hydrogens (primary N) is 1. The van der Waals surface area contributed by atoms with E-state index in [4.69, 9.17) is 15.6 Å². The SMILES string of the molecule is CCC1Oc2ccc(N)nc2N(Cc2ccc(C(=O)O)cc2)C1=O. The van der Waals surface area contributed by atoms with Crippen molar-refractivity contribution < 1.29 is 19.4 Å². The number of carbonyl (C=O) groups is 2. The van der Waals surface area contributed by atoms with Gasteiger partial charge in [-0.2, -0.15) is 0 Å². The molecular formula is C17H17N3O4. The number of fused-ring (bicyclic) bond motifs is 1. The number of hydrogen-bond acceptors (Lipinski definition) is 5. The third-order valence-electron chi connectivity index (χ3n) is 3.84. The number of hydrogen-bond donors (Lipinski definition) is 2. The molecule has 7 heteroatoms. The minimum atomic E-state index is -0.991. The molecule has 2 heterocycles. The van der Waals surface area contributed by atoms with E-state index in [1.54, 1.807) is 24.3 Å². The lowest BCUT2D eigenvalue weighted by molar-refractivity contribution is -0.126. The van der Waals surface area contributed by atoms with Crippen LogP contribution in [0.3, 0.4) is 0 Å². The molecule has 0 saturated carbocycles. The van der Waals surface area contributed by atoms with Crippen LogP contribution in [0.4, 0.5) is 11.6 Å². The lowest BCUT2D eigenvalue weighted by Crippen LogP contribution is -2.45. The van der Waals surface area contributed by atoms with Gasteiger partial charge in [0, 0.05) is 0 Å². The maximum atomic E-state index is 12.6. The molecule has 1 aliphatic rings. The highest BCUT2D eigenvalue weighted by Crippen LogP contribution is 2.34. The molecule has 3 N–H and O–H groups in total. The molecule has 0 aliphatic carbocycles. The van der Waals surface area contributed by atoms with Gasteiger partial charge in [0.05, 0.1) is 12.1 Å². The van der Waals surface area contributed by atoms with Crippen molar-refractivity contribution in [3.63, 3.8) is 0 Å². The van der Waals surface area contributed by atoms with Crippen molar-refractivity contribution in [2.24, 2.45) is 0 Å². The summed E-state index contributed by atoms with van der Waals surface area (Å²) in [7, 11) is 0. The van der Waals surface area contributed by atoms with E-state index < -0.39 is 12.1 Å². The van der Waals surface area contributed by atoms with Gasteiger partial charge in [0.1, 0.15) is 5.82 Å². The monoisotopic (exact) mass is 327 g/mol. The maximum absolute atomic E-state index is 12.6. The molecule has 24 heavy (non-hydrogen) atoms. The largest absolute Gasteiger partial charge is 0.478 e. The number of ether oxygens (including phenoxy) is 1. The highest BCUT2D eigenvalue weighted by atomic mass is 16.5. The Hall–Kier alpha value is -3.09. The molecule has 1 aromatic carbocycles. The lowest BCUT2D eigenvalue weighted by atomic mass is 10.1. The molecule has 124 valence electrons. The summed E-state index contributed by atoms with van der Waals surface area (Å²) in [6.07, 6.45) is -0.0295. The number of amides is 1. The first-order valence-electron chi connectivity index (χ1n) is 7.56. The Kier molecular flexibility index (Phi) is 4.07. The minimum absolute atomic E-state index is 0.189. The Morgan fingerprint density at radius 1 is 1.29 bits per heavy atom. The second-order valence-electron chi connectivity index (χ2n) is 5.50. The second kappa shape index (κ2) is 6.19. The summed E-state index contributed by atoms with van der Waals surface area (Å²) in [5.41, 5.74) is 6.72. The van der Waals surface area contributed by atoms with Gasteiger partial charge >= 0.3 is 5.97 Å². The predicted octanol–water partition coefficient (Wildman–Crippen LogP) is 2.07. The van der Waals surface area contributed by atoms with Crippen molar-refractivity contribution >= 4 is 23.5 Å². The van der Waals surface area contributed by atoms with E-state index in [0.717, 1.165) is 5.56 Å². The fraction of sp³-hybridized carbons (Fsp3) is 0.235. The molecular weight excluding hydrogens is 310 g/mol. The summed E-state index contributed by atoms with van der Waals surface area (Å²) >= 11 is 0. The molecule has 0 spiro atoms. The Morgan fingerprint density at radius 3 is 2.62 bits per heavy atom. The molecule has 1 aromatic heterocycles. The van der Waals surface area contributed by atoms with Gasteiger partial charge in [-0.15, -0.1) is 0 Å². The normalized spacial score (nSPS) is 16.5. The summed E-state index contributed by atoms with van der Waals surface area (Å²) in [5, 5.41) is 8.96. The molecule has 1 unspecified atom stereocenters. The van der Waals surface area contributed by atoms with E-state index in [-0.39, 0.29) is 18.0 Å². The van der Waals surface area contributed by atoms with E-state index >= 15 is 0 Å². The predicted molar refractivity (Wildman–Crippen MR) is 87.9 cm³/mol. The number of rotatable bonds is 4. The number of pyridine rings is 1. The van der Waals surface area contributed by atoms with Gasteiger partial charge in [-0.1, -0.05) is 19.1 Å².